The highest BCUT2D eigenvalue weighted by atomic mass is 32.1. The maximum Gasteiger partial charge on any atom is 0.256 e. The van der Waals surface area contributed by atoms with Crippen LogP contribution in [0.1, 0.15) is 69.2 Å². The predicted molar refractivity (Wildman–Crippen MR) is 127 cm³/mol. The van der Waals surface area contributed by atoms with E-state index in [2.05, 4.69) is 19.4 Å². The first-order valence-corrected chi connectivity index (χ1v) is 12.2. The Morgan fingerprint density at radius 2 is 1.97 bits per heavy atom. The molecule has 1 aliphatic carbocycles. The van der Waals surface area contributed by atoms with Crippen LogP contribution in [0.4, 0.5) is 5.00 Å². The van der Waals surface area contributed by atoms with E-state index in [9.17, 15) is 9.59 Å². The zero-order valence-electron chi connectivity index (χ0n) is 18.4. The van der Waals surface area contributed by atoms with Crippen LogP contribution in [0.3, 0.4) is 0 Å². The summed E-state index contributed by atoms with van der Waals surface area (Å²) in [5.74, 6) is 0.187. The van der Waals surface area contributed by atoms with Gasteiger partial charge in [-0.15, -0.1) is 11.3 Å². The summed E-state index contributed by atoms with van der Waals surface area (Å²) in [6.45, 7) is 6.05. The molecule has 7 nitrogen and oxygen atoms in total. The number of nitrogens with zero attached hydrogens (tertiary/aromatic N) is 2. The zero-order chi connectivity index (χ0) is 22.7. The smallest absolute Gasteiger partial charge is 0.256 e. The van der Waals surface area contributed by atoms with E-state index in [4.69, 9.17) is 4.74 Å². The Kier molecular flexibility index (Phi) is 6.86. The fraction of sp³-hybridized carbons (Fsp3) is 0.391. The Hall–Kier alpha value is -2.78. The average molecular weight is 471 g/mol. The average Bonchev–Trinajstić information content (AvgIpc) is 3.34. The van der Waals surface area contributed by atoms with E-state index in [1.165, 1.54) is 16.2 Å². The number of rotatable bonds is 7. The van der Waals surface area contributed by atoms with Crippen LogP contribution in [0, 0.1) is 6.92 Å². The first-order valence-electron chi connectivity index (χ1n) is 10.7. The predicted octanol–water partition coefficient (Wildman–Crippen LogP) is 4.76. The number of hydrogen-bond donors (Lipinski definition) is 2. The van der Waals surface area contributed by atoms with Crippen LogP contribution in [-0.2, 0) is 19.4 Å². The van der Waals surface area contributed by atoms with E-state index in [0.29, 0.717) is 28.5 Å². The maximum atomic E-state index is 13.1. The van der Waals surface area contributed by atoms with E-state index >= 15 is 0 Å². The Bertz CT molecular complexity index is 1140. The number of aromatic nitrogens is 2. The summed E-state index contributed by atoms with van der Waals surface area (Å²) in [6.07, 6.45) is 3.99. The number of thiophene rings is 1. The molecule has 0 spiro atoms. The minimum absolute atomic E-state index is 0.0237. The fourth-order valence-electron chi connectivity index (χ4n) is 3.66. The number of hydrogen-bond acceptors (Lipinski definition) is 7. The second kappa shape index (κ2) is 9.79. The quantitative estimate of drug-likeness (QED) is 0.519. The molecule has 9 heteroatoms. The Morgan fingerprint density at radius 1 is 1.16 bits per heavy atom. The van der Waals surface area contributed by atoms with Gasteiger partial charge in [-0.05, 0) is 70.2 Å². The fourth-order valence-corrected chi connectivity index (χ4v) is 5.50. The van der Waals surface area contributed by atoms with Crippen molar-refractivity contribution in [2.24, 2.45) is 0 Å². The summed E-state index contributed by atoms with van der Waals surface area (Å²) < 4.78 is 14.2. The molecular weight excluding hydrogens is 444 g/mol. The van der Waals surface area contributed by atoms with Crippen LogP contribution in [0.25, 0.3) is 0 Å². The first kappa shape index (κ1) is 22.4. The molecule has 0 radical (unpaired) electrons. The molecule has 2 aromatic heterocycles. The van der Waals surface area contributed by atoms with Crippen LogP contribution in [0.2, 0.25) is 0 Å². The van der Waals surface area contributed by atoms with Gasteiger partial charge in [0.15, 0.2) is 0 Å². The monoisotopic (exact) mass is 470 g/mol. The normalized spacial score (nSPS) is 13.0. The van der Waals surface area contributed by atoms with Crippen LogP contribution in [0.15, 0.2) is 24.3 Å². The van der Waals surface area contributed by atoms with Crippen molar-refractivity contribution in [1.82, 2.24) is 14.1 Å². The Morgan fingerprint density at radius 3 is 2.72 bits per heavy atom. The van der Waals surface area contributed by atoms with Gasteiger partial charge in [-0.3, -0.25) is 9.59 Å². The zero-order valence-corrected chi connectivity index (χ0v) is 20.0. The summed E-state index contributed by atoms with van der Waals surface area (Å²) in [4.78, 5) is 27.2. The molecular formula is C23H26N4O3S2. The van der Waals surface area contributed by atoms with Gasteiger partial charge in [0, 0.05) is 16.5 Å². The molecule has 0 fully saturated rings. The van der Waals surface area contributed by atoms with Gasteiger partial charge in [0.1, 0.15) is 23.1 Å². The molecule has 0 saturated heterocycles. The Balaban J connectivity index is 1.53. The van der Waals surface area contributed by atoms with E-state index in [-0.39, 0.29) is 17.9 Å². The molecule has 1 aromatic carbocycles. The number of anilines is 1. The third-order valence-corrected chi connectivity index (χ3v) is 7.13. The summed E-state index contributed by atoms with van der Waals surface area (Å²) in [6, 6.07) is 7.04. The lowest BCUT2D eigenvalue weighted by atomic mass is 9.95. The maximum absolute atomic E-state index is 13.1. The summed E-state index contributed by atoms with van der Waals surface area (Å²) in [5.41, 5.74) is 3.80. The largest absolute Gasteiger partial charge is 0.487 e. The molecule has 0 saturated carbocycles. The van der Waals surface area contributed by atoms with Gasteiger partial charge in [0.05, 0.1) is 23.0 Å². The number of benzene rings is 1. The standard InChI is InChI=1S/C23H26N4O3S2/c1-13(2)24-22(29)20-17-9-4-5-10-19(17)31-23(20)25-21(28)15-7-6-8-16(11-15)30-12-18-14(3)26-32-27-18/h6-8,11,13H,4-5,9-10,12H2,1-3H3,(H,24,29)(H,25,28). The van der Waals surface area contributed by atoms with Crippen molar-refractivity contribution in [3.05, 3.63) is 57.2 Å². The number of carbonyl (C=O) groups excluding carboxylic acids is 2. The van der Waals surface area contributed by atoms with Crippen molar-refractivity contribution < 1.29 is 14.3 Å². The molecule has 1 aliphatic rings. The van der Waals surface area contributed by atoms with Gasteiger partial charge in [-0.1, -0.05) is 6.07 Å². The van der Waals surface area contributed by atoms with Gasteiger partial charge in [-0.2, -0.15) is 8.75 Å². The minimum atomic E-state index is -0.265. The summed E-state index contributed by atoms with van der Waals surface area (Å²) in [7, 11) is 0. The topological polar surface area (TPSA) is 93.2 Å². The lowest BCUT2D eigenvalue weighted by Crippen LogP contribution is -2.31. The van der Waals surface area contributed by atoms with Crippen molar-refractivity contribution >= 4 is 39.9 Å². The molecule has 0 atom stereocenters. The summed E-state index contributed by atoms with van der Waals surface area (Å²) in [5, 5.41) is 6.59. The third kappa shape index (κ3) is 4.99. The van der Waals surface area contributed by atoms with E-state index in [0.717, 1.165) is 54.4 Å². The van der Waals surface area contributed by atoms with Crippen molar-refractivity contribution in [2.75, 3.05) is 5.32 Å². The van der Waals surface area contributed by atoms with Crippen LogP contribution >= 0.6 is 23.1 Å². The van der Waals surface area contributed by atoms with Crippen molar-refractivity contribution in [3.63, 3.8) is 0 Å². The van der Waals surface area contributed by atoms with Gasteiger partial charge in [-0.25, -0.2) is 0 Å². The lowest BCUT2D eigenvalue weighted by Gasteiger charge is -2.14. The number of ether oxygens (including phenoxy) is 1. The second-order valence-electron chi connectivity index (χ2n) is 8.11. The molecule has 4 rings (SSSR count). The van der Waals surface area contributed by atoms with Crippen molar-refractivity contribution in [2.45, 2.75) is 59.1 Å². The highest BCUT2D eigenvalue weighted by molar-refractivity contribution is 7.17. The van der Waals surface area contributed by atoms with Gasteiger partial charge in [0.25, 0.3) is 11.8 Å². The molecule has 2 amide bonds. The molecule has 3 aromatic rings. The van der Waals surface area contributed by atoms with Gasteiger partial charge in [0.2, 0.25) is 0 Å². The van der Waals surface area contributed by atoms with E-state index in [1.54, 1.807) is 24.3 Å². The van der Waals surface area contributed by atoms with E-state index in [1.807, 2.05) is 20.8 Å². The van der Waals surface area contributed by atoms with Crippen molar-refractivity contribution in [1.29, 1.82) is 0 Å². The number of aryl methyl sites for hydroxylation is 2. The minimum Gasteiger partial charge on any atom is -0.487 e. The molecule has 0 bridgehead atoms. The van der Waals surface area contributed by atoms with Gasteiger partial charge >= 0.3 is 0 Å². The van der Waals surface area contributed by atoms with Crippen molar-refractivity contribution in [3.8, 4) is 5.75 Å². The second-order valence-corrected chi connectivity index (χ2v) is 9.74. The molecule has 168 valence electrons. The number of nitrogens with one attached hydrogen (secondary N) is 2. The molecule has 0 aliphatic heterocycles. The number of amides is 2. The number of carbonyl (C=O) groups is 2. The van der Waals surface area contributed by atoms with Crippen LogP contribution in [0.5, 0.6) is 5.75 Å². The molecule has 0 unspecified atom stereocenters. The SMILES string of the molecule is Cc1nsnc1COc1cccc(C(=O)Nc2sc3c(c2C(=O)NC(C)C)CCCC3)c1. The summed E-state index contributed by atoms with van der Waals surface area (Å²) >= 11 is 2.67. The Labute approximate surface area is 195 Å². The lowest BCUT2D eigenvalue weighted by molar-refractivity contribution is 0.0943. The highest BCUT2D eigenvalue weighted by Crippen LogP contribution is 2.38. The first-order chi connectivity index (χ1) is 15.4. The van der Waals surface area contributed by atoms with Crippen LogP contribution in [-0.4, -0.2) is 26.6 Å². The third-order valence-electron chi connectivity index (χ3n) is 5.26. The van der Waals surface area contributed by atoms with Gasteiger partial charge < -0.3 is 15.4 Å². The molecule has 32 heavy (non-hydrogen) atoms. The molecule has 2 N–H and O–H groups in total. The molecule has 2 heterocycles. The highest BCUT2D eigenvalue weighted by Gasteiger charge is 2.27. The van der Waals surface area contributed by atoms with E-state index < -0.39 is 0 Å². The number of fused-ring (bicyclic) bond motifs is 1. The van der Waals surface area contributed by atoms with Crippen LogP contribution < -0.4 is 15.4 Å².